The largest absolute Gasteiger partial charge is 0.376 e. The summed E-state index contributed by atoms with van der Waals surface area (Å²) in [5, 5.41) is 8.52. The highest BCUT2D eigenvalue weighted by Gasteiger charge is 2.28. The topological polar surface area (TPSA) is 68.5 Å². The van der Waals surface area contributed by atoms with Crippen LogP contribution in [0.15, 0.2) is 41.2 Å². The van der Waals surface area contributed by atoms with Crippen LogP contribution in [0, 0.1) is 6.92 Å². The fraction of sp³-hybridized carbons (Fsp3) is 0.353. The Morgan fingerprint density at radius 2 is 2.21 bits per heavy atom. The fourth-order valence-corrected chi connectivity index (χ4v) is 3.92. The predicted octanol–water partition coefficient (Wildman–Crippen LogP) is 2.79. The number of hydrogen-bond donors (Lipinski definition) is 1. The van der Waals surface area contributed by atoms with Crippen LogP contribution in [0.2, 0.25) is 0 Å². The zero-order valence-electron chi connectivity index (χ0n) is 13.3. The minimum absolute atomic E-state index is 0.00561. The van der Waals surface area contributed by atoms with Gasteiger partial charge in [-0.2, -0.15) is 4.52 Å². The quantitative estimate of drug-likeness (QED) is 0.789. The Kier molecular flexibility index (Phi) is 4.03. The minimum Gasteiger partial charge on any atom is -0.376 e. The molecule has 0 bridgehead atoms. The SMILES string of the molecule is Cc1cc(=O)n2nc(N[C@H](c3ccccc3)[C@H]3CCCO3)sc2n1. The van der Waals surface area contributed by atoms with Crippen LogP contribution in [0.4, 0.5) is 5.13 Å². The smallest absolute Gasteiger partial charge is 0.275 e. The molecule has 1 saturated heterocycles. The molecule has 0 amide bonds. The van der Waals surface area contributed by atoms with Gasteiger partial charge in [-0.25, -0.2) is 4.98 Å². The molecule has 2 atom stereocenters. The summed E-state index contributed by atoms with van der Waals surface area (Å²) in [5.74, 6) is 0. The van der Waals surface area contributed by atoms with E-state index in [1.54, 1.807) is 0 Å². The van der Waals surface area contributed by atoms with Crippen LogP contribution in [0.5, 0.6) is 0 Å². The average Bonchev–Trinajstić information content (AvgIpc) is 3.22. The van der Waals surface area contributed by atoms with Crippen molar-refractivity contribution in [2.75, 3.05) is 11.9 Å². The number of benzene rings is 1. The van der Waals surface area contributed by atoms with Crippen molar-refractivity contribution in [1.82, 2.24) is 14.6 Å². The Bertz CT molecular complexity index is 900. The molecule has 3 aromatic rings. The Morgan fingerprint density at radius 1 is 1.38 bits per heavy atom. The lowest BCUT2D eigenvalue weighted by Gasteiger charge is -2.24. The first-order valence-corrected chi connectivity index (χ1v) is 8.83. The van der Waals surface area contributed by atoms with E-state index in [9.17, 15) is 4.79 Å². The van der Waals surface area contributed by atoms with E-state index < -0.39 is 0 Å². The third-order valence-electron chi connectivity index (χ3n) is 4.15. The van der Waals surface area contributed by atoms with Gasteiger partial charge in [0.25, 0.3) is 5.56 Å². The van der Waals surface area contributed by atoms with Gasteiger partial charge >= 0.3 is 0 Å². The number of aromatic nitrogens is 3. The van der Waals surface area contributed by atoms with Crippen molar-refractivity contribution in [3.8, 4) is 0 Å². The van der Waals surface area contributed by atoms with E-state index in [0.717, 1.165) is 25.0 Å². The number of ether oxygens (including phenoxy) is 1. The van der Waals surface area contributed by atoms with Gasteiger partial charge in [-0.15, -0.1) is 5.10 Å². The number of anilines is 1. The van der Waals surface area contributed by atoms with E-state index in [0.29, 0.717) is 15.8 Å². The van der Waals surface area contributed by atoms with Gasteiger partial charge in [0.15, 0.2) is 0 Å². The maximum absolute atomic E-state index is 12.0. The van der Waals surface area contributed by atoms with E-state index in [1.165, 1.54) is 21.9 Å². The summed E-state index contributed by atoms with van der Waals surface area (Å²) in [6, 6.07) is 11.7. The second-order valence-corrected chi connectivity index (χ2v) is 6.88. The summed E-state index contributed by atoms with van der Waals surface area (Å²) < 4.78 is 7.23. The average molecular weight is 342 g/mol. The van der Waals surface area contributed by atoms with Crippen LogP contribution < -0.4 is 10.9 Å². The fourth-order valence-electron chi connectivity index (χ4n) is 3.03. The lowest BCUT2D eigenvalue weighted by Crippen LogP contribution is -2.25. The van der Waals surface area contributed by atoms with Gasteiger partial charge in [0, 0.05) is 18.4 Å². The maximum atomic E-state index is 12.0. The molecular weight excluding hydrogens is 324 g/mol. The zero-order valence-corrected chi connectivity index (χ0v) is 14.1. The molecule has 1 fully saturated rings. The van der Waals surface area contributed by atoms with E-state index in [-0.39, 0.29) is 17.7 Å². The van der Waals surface area contributed by atoms with Crippen LogP contribution in [-0.2, 0) is 4.74 Å². The molecule has 0 saturated carbocycles. The highest BCUT2D eigenvalue weighted by molar-refractivity contribution is 7.20. The Labute approximate surface area is 143 Å². The lowest BCUT2D eigenvalue weighted by atomic mass is 10.00. The van der Waals surface area contributed by atoms with Crippen LogP contribution in [0.25, 0.3) is 4.96 Å². The molecule has 1 aromatic carbocycles. The van der Waals surface area contributed by atoms with Crippen molar-refractivity contribution in [3.63, 3.8) is 0 Å². The van der Waals surface area contributed by atoms with Gasteiger partial charge in [-0.05, 0) is 25.3 Å². The highest BCUT2D eigenvalue weighted by Crippen LogP contribution is 2.31. The Balaban J connectivity index is 1.69. The standard InChI is InChI=1S/C17H18N4O2S/c1-11-10-14(22)21-17(18-11)24-16(20-21)19-15(13-8-5-9-23-13)12-6-3-2-4-7-12/h2-4,6-7,10,13,15H,5,8-9H2,1H3,(H,19,20)/t13-,15-/m1/s1. The molecule has 1 N–H and O–H groups in total. The van der Waals surface area contributed by atoms with Gasteiger partial charge in [0.2, 0.25) is 10.1 Å². The monoisotopic (exact) mass is 342 g/mol. The minimum atomic E-state index is -0.157. The van der Waals surface area contributed by atoms with E-state index in [4.69, 9.17) is 4.74 Å². The lowest BCUT2D eigenvalue weighted by molar-refractivity contribution is 0.0954. The van der Waals surface area contributed by atoms with E-state index in [2.05, 4.69) is 27.5 Å². The molecule has 24 heavy (non-hydrogen) atoms. The van der Waals surface area contributed by atoms with Crippen molar-refractivity contribution in [3.05, 3.63) is 58.0 Å². The molecule has 1 aliphatic rings. The summed E-state index contributed by atoms with van der Waals surface area (Å²) in [6.07, 6.45) is 2.18. The van der Waals surface area contributed by atoms with Crippen LogP contribution in [0.3, 0.4) is 0 Å². The molecule has 0 aliphatic carbocycles. The molecule has 4 rings (SSSR count). The van der Waals surface area contributed by atoms with Crippen molar-refractivity contribution >= 4 is 21.4 Å². The molecule has 6 nitrogen and oxygen atoms in total. The predicted molar refractivity (Wildman–Crippen MR) is 93.7 cm³/mol. The molecule has 2 aromatic heterocycles. The van der Waals surface area contributed by atoms with Crippen LogP contribution >= 0.6 is 11.3 Å². The molecular formula is C17H18N4O2S. The van der Waals surface area contributed by atoms with Gasteiger partial charge in [0.05, 0.1) is 12.1 Å². The highest BCUT2D eigenvalue weighted by atomic mass is 32.1. The number of aryl methyl sites for hydroxylation is 1. The van der Waals surface area contributed by atoms with Crippen molar-refractivity contribution in [2.24, 2.45) is 0 Å². The van der Waals surface area contributed by atoms with Gasteiger partial charge < -0.3 is 10.1 Å². The van der Waals surface area contributed by atoms with E-state index >= 15 is 0 Å². The molecule has 0 spiro atoms. The first kappa shape index (κ1) is 15.3. The normalized spacial score (nSPS) is 18.8. The van der Waals surface area contributed by atoms with Gasteiger partial charge in [-0.1, -0.05) is 41.7 Å². The Morgan fingerprint density at radius 3 is 2.96 bits per heavy atom. The summed E-state index contributed by atoms with van der Waals surface area (Å²) >= 11 is 1.38. The zero-order chi connectivity index (χ0) is 16.5. The molecule has 0 unspecified atom stereocenters. The number of nitrogens with one attached hydrogen (secondary N) is 1. The molecule has 124 valence electrons. The number of rotatable bonds is 4. The summed E-state index contributed by atoms with van der Waals surface area (Å²) in [5.41, 5.74) is 1.70. The number of nitrogens with zero attached hydrogens (tertiary/aromatic N) is 3. The maximum Gasteiger partial charge on any atom is 0.275 e. The van der Waals surface area contributed by atoms with Crippen molar-refractivity contribution in [2.45, 2.75) is 31.9 Å². The molecule has 1 aliphatic heterocycles. The first-order chi connectivity index (χ1) is 11.7. The second-order valence-electron chi connectivity index (χ2n) is 5.92. The van der Waals surface area contributed by atoms with Crippen LogP contribution in [-0.4, -0.2) is 27.3 Å². The van der Waals surface area contributed by atoms with Gasteiger partial charge in [-0.3, -0.25) is 4.79 Å². The number of hydrogen-bond acceptors (Lipinski definition) is 6. The molecule has 0 radical (unpaired) electrons. The Hall–Kier alpha value is -2.25. The third kappa shape index (κ3) is 2.92. The summed E-state index contributed by atoms with van der Waals surface area (Å²) in [6.45, 7) is 2.60. The van der Waals surface area contributed by atoms with Crippen molar-refractivity contribution in [1.29, 1.82) is 0 Å². The first-order valence-electron chi connectivity index (χ1n) is 8.01. The third-order valence-corrected chi connectivity index (χ3v) is 4.99. The molecule has 3 heterocycles. The second kappa shape index (κ2) is 6.33. The summed E-state index contributed by atoms with van der Waals surface area (Å²) in [4.78, 5) is 17.0. The van der Waals surface area contributed by atoms with E-state index in [1.807, 2.05) is 25.1 Å². The number of fused-ring (bicyclic) bond motifs is 1. The molecule has 7 heteroatoms. The van der Waals surface area contributed by atoms with Crippen LogP contribution in [0.1, 0.15) is 30.1 Å². The summed E-state index contributed by atoms with van der Waals surface area (Å²) in [7, 11) is 0. The van der Waals surface area contributed by atoms with Crippen molar-refractivity contribution < 1.29 is 4.74 Å². The van der Waals surface area contributed by atoms with Gasteiger partial charge in [0.1, 0.15) is 0 Å².